The number of nitrogen functional groups attached to an aromatic ring is 1. The Bertz CT molecular complexity index is 880. The van der Waals surface area contributed by atoms with E-state index in [1.165, 1.54) is 11.1 Å². The molecule has 2 saturated heterocycles. The van der Waals surface area contributed by atoms with Gasteiger partial charge >= 0.3 is 6.09 Å². The average molecular weight is 367 g/mol. The van der Waals surface area contributed by atoms with Crippen molar-refractivity contribution in [1.82, 2.24) is 15.3 Å². The number of amides is 1. The second-order valence-electron chi connectivity index (χ2n) is 6.39. The Morgan fingerprint density at radius 2 is 2.04 bits per heavy atom. The van der Waals surface area contributed by atoms with Gasteiger partial charge in [-0.2, -0.15) is 0 Å². The topological polar surface area (TPSA) is 120 Å². The maximum atomic E-state index is 11.8. The van der Waals surface area contributed by atoms with Crippen molar-refractivity contribution in [1.29, 1.82) is 5.41 Å². The Morgan fingerprint density at radius 3 is 2.78 bits per heavy atom. The Kier molecular flexibility index (Phi) is 4.59. The van der Waals surface area contributed by atoms with E-state index in [2.05, 4.69) is 20.2 Å². The number of pyridine rings is 2. The summed E-state index contributed by atoms with van der Waals surface area (Å²) < 4.78 is 4.96. The Hall–Kier alpha value is -3.20. The number of aromatic nitrogens is 2. The quantitative estimate of drug-likeness (QED) is 0.685. The Balaban J connectivity index is 1.63. The zero-order chi connectivity index (χ0) is 18.8. The SMILES string of the molecule is N=C(c1cccc(N2CCNCC2)n1)c1cc(N2CCOC2=O)ncc1N. The van der Waals surface area contributed by atoms with E-state index in [9.17, 15) is 4.79 Å². The lowest BCUT2D eigenvalue weighted by molar-refractivity contribution is 0.181. The van der Waals surface area contributed by atoms with E-state index in [1.807, 2.05) is 12.1 Å². The van der Waals surface area contributed by atoms with Crippen LogP contribution in [0.4, 0.5) is 22.1 Å². The van der Waals surface area contributed by atoms with Crippen LogP contribution in [0, 0.1) is 5.41 Å². The van der Waals surface area contributed by atoms with Gasteiger partial charge < -0.3 is 20.7 Å². The molecule has 140 valence electrons. The molecule has 9 nitrogen and oxygen atoms in total. The molecule has 0 atom stereocenters. The van der Waals surface area contributed by atoms with Gasteiger partial charge in [0, 0.05) is 31.7 Å². The highest BCUT2D eigenvalue weighted by Crippen LogP contribution is 2.23. The third-order valence-corrected chi connectivity index (χ3v) is 4.66. The first-order chi connectivity index (χ1) is 13.1. The zero-order valence-corrected chi connectivity index (χ0v) is 14.8. The van der Waals surface area contributed by atoms with E-state index >= 15 is 0 Å². The highest BCUT2D eigenvalue weighted by atomic mass is 16.6. The molecule has 2 aromatic heterocycles. The number of rotatable bonds is 4. The summed E-state index contributed by atoms with van der Waals surface area (Å²) in [4.78, 5) is 24.3. The number of anilines is 3. The summed E-state index contributed by atoms with van der Waals surface area (Å²) >= 11 is 0. The van der Waals surface area contributed by atoms with Crippen LogP contribution in [-0.4, -0.2) is 61.1 Å². The number of ether oxygens (including phenoxy) is 1. The summed E-state index contributed by atoms with van der Waals surface area (Å²) in [7, 11) is 0. The third kappa shape index (κ3) is 3.41. The molecule has 2 aliphatic rings. The van der Waals surface area contributed by atoms with E-state index in [0.717, 1.165) is 32.0 Å². The van der Waals surface area contributed by atoms with Crippen LogP contribution in [-0.2, 0) is 4.74 Å². The third-order valence-electron chi connectivity index (χ3n) is 4.66. The number of hydrogen-bond acceptors (Lipinski definition) is 8. The van der Waals surface area contributed by atoms with Gasteiger partial charge in [-0.15, -0.1) is 0 Å². The van der Waals surface area contributed by atoms with Crippen LogP contribution in [0.5, 0.6) is 0 Å². The Labute approximate surface area is 156 Å². The van der Waals surface area contributed by atoms with Crippen LogP contribution in [0.15, 0.2) is 30.5 Å². The fourth-order valence-electron chi connectivity index (χ4n) is 3.19. The largest absolute Gasteiger partial charge is 0.447 e. The first-order valence-electron chi connectivity index (χ1n) is 8.85. The maximum absolute atomic E-state index is 11.8. The van der Waals surface area contributed by atoms with E-state index < -0.39 is 6.09 Å². The van der Waals surface area contributed by atoms with Crippen LogP contribution in [0.1, 0.15) is 11.3 Å². The number of cyclic esters (lactones) is 1. The molecule has 0 spiro atoms. The molecule has 2 aliphatic heterocycles. The van der Waals surface area contributed by atoms with Crippen molar-refractivity contribution in [3.63, 3.8) is 0 Å². The minimum atomic E-state index is -0.441. The molecular formula is C18H21N7O2. The van der Waals surface area contributed by atoms with Gasteiger partial charge in [0.2, 0.25) is 0 Å². The molecule has 4 N–H and O–H groups in total. The summed E-state index contributed by atoms with van der Waals surface area (Å²) in [6, 6.07) is 7.27. The van der Waals surface area contributed by atoms with Crippen LogP contribution in [0.3, 0.4) is 0 Å². The molecule has 0 aromatic carbocycles. The standard InChI is InChI=1S/C18H21N7O2/c19-13-11-22-16(25-8-9-27-18(25)26)10-12(13)17(20)14-2-1-3-15(23-14)24-6-4-21-5-7-24/h1-3,10-11,20-21H,4-9,19H2. The fourth-order valence-corrected chi connectivity index (χ4v) is 3.19. The molecule has 1 amide bonds. The number of hydrogen-bond donors (Lipinski definition) is 3. The first kappa shape index (κ1) is 17.2. The normalized spacial score (nSPS) is 17.1. The van der Waals surface area contributed by atoms with Crippen molar-refractivity contribution in [2.45, 2.75) is 0 Å². The molecule has 0 radical (unpaired) electrons. The molecular weight excluding hydrogens is 346 g/mol. The van der Waals surface area contributed by atoms with E-state index in [4.69, 9.17) is 15.9 Å². The molecule has 0 aliphatic carbocycles. The predicted molar refractivity (Wildman–Crippen MR) is 103 cm³/mol. The molecule has 27 heavy (non-hydrogen) atoms. The van der Waals surface area contributed by atoms with Crippen molar-refractivity contribution in [2.75, 3.05) is 54.9 Å². The lowest BCUT2D eigenvalue weighted by Gasteiger charge is -2.28. The van der Waals surface area contributed by atoms with Crippen LogP contribution in [0.2, 0.25) is 0 Å². The average Bonchev–Trinajstić information content (AvgIpc) is 3.14. The van der Waals surface area contributed by atoms with Crippen molar-refractivity contribution in [3.05, 3.63) is 41.7 Å². The van der Waals surface area contributed by atoms with Gasteiger partial charge in [0.15, 0.2) is 0 Å². The van der Waals surface area contributed by atoms with Crippen molar-refractivity contribution in [2.24, 2.45) is 0 Å². The molecule has 0 saturated carbocycles. The van der Waals surface area contributed by atoms with E-state index in [1.54, 1.807) is 12.1 Å². The Morgan fingerprint density at radius 1 is 1.22 bits per heavy atom. The number of nitrogens with two attached hydrogens (primary N) is 1. The van der Waals surface area contributed by atoms with Gasteiger partial charge in [-0.05, 0) is 18.2 Å². The second-order valence-corrected chi connectivity index (χ2v) is 6.39. The van der Waals surface area contributed by atoms with Gasteiger partial charge in [-0.3, -0.25) is 10.3 Å². The summed E-state index contributed by atoms with van der Waals surface area (Å²) in [5.41, 5.74) is 7.64. The van der Waals surface area contributed by atoms with E-state index in [-0.39, 0.29) is 5.71 Å². The first-order valence-corrected chi connectivity index (χ1v) is 8.85. The molecule has 2 fully saturated rings. The predicted octanol–water partition coefficient (Wildman–Crippen LogP) is 0.841. The van der Waals surface area contributed by atoms with Gasteiger partial charge in [0.25, 0.3) is 0 Å². The smallest absolute Gasteiger partial charge is 0.415 e. The minimum absolute atomic E-state index is 0.195. The highest BCUT2D eigenvalue weighted by Gasteiger charge is 2.26. The molecule has 2 aromatic rings. The molecule has 4 heterocycles. The number of nitrogens with zero attached hydrogens (tertiary/aromatic N) is 4. The summed E-state index contributed by atoms with van der Waals surface area (Å²) in [5, 5.41) is 11.9. The molecule has 9 heteroatoms. The van der Waals surface area contributed by atoms with Gasteiger partial charge in [0.05, 0.1) is 29.8 Å². The maximum Gasteiger partial charge on any atom is 0.415 e. The highest BCUT2D eigenvalue weighted by molar-refractivity contribution is 6.13. The van der Waals surface area contributed by atoms with Crippen molar-refractivity contribution < 1.29 is 9.53 Å². The van der Waals surface area contributed by atoms with Gasteiger partial charge in [-0.25, -0.2) is 14.8 Å². The van der Waals surface area contributed by atoms with Gasteiger partial charge in [0.1, 0.15) is 18.2 Å². The van der Waals surface area contributed by atoms with Crippen LogP contribution in [0.25, 0.3) is 0 Å². The molecule has 0 bridgehead atoms. The summed E-state index contributed by atoms with van der Waals surface area (Å²) in [5.74, 6) is 1.26. The number of carbonyl (C=O) groups excluding carboxylic acids is 1. The summed E-state index contributed by atoms with van der Waals surface area (Å²) in [6.07, 6.45) is 1.02. The van der Waals surface area contributed by atoms with Crippen LogP contribution < -0.4 is 20.9 Å². The minimum Gasteiger partial charge on any atom is -0.447 e. The zero-order valence-electron chi connectivity index (χ0n) is 14.8. The summed E-state index contributed by atoms with van der Waals surface area (Å²) in [6.45, 7) is 4.34. The lowest BCUT2D eigenvalue weighted by Crippen LogP contribution is -2.44. The lowest BCUT2D eigenvalue weighted by atomic mass is 10.1. The van der Waals surface area contributed by atoms with Crippen molar-refractivity contribution in [3.8, 4) is 0 Å². The molecule has 4 rings (SSSR count). The number of nitrogens with one attached hydrogen (secondary N) is 2. The van der Waals surface area contributed by atoms with Crippen molar-refractivity contribution >= 4 is 29.1 Å². The second kappa shape index (κ2) is 7.20. The number of piperazine rings is 1. The van der Waals surface area contributed by atoms with Gasteiger partial charge in [-0.1, -0.05) is 6.07 Å². The monoisotopic (exact) mass is 367 g/mol. The molecule has 0 unspecified atom stereocenters. The fraction of sp³-hybridized carbons (Fsp3) is 0.333. The van der Waals surface area contributed by atoms with Crippen LogP contribution >= 0.6 is 0 Å². The van der Waals surface area contributed by atoms with E-state index in [0.29, 0.717) is 35.9 Å². The number of carbonyl (C=O) groups is 1.